The van der Waals surface area contributed by atoms with Crippen LogP contribution in [0.4, 0.5) is 5.69 Å². The van der Waals surface area contributed by atoms with Crippen LogP contribution in [0.5, 0.6) is 0 Å². The molecule has 5 heteroatoms. The van der Waals surface area contributed by atoms with Crippen molar-refractivity contribution in [2.24, 2.45) is 0 Å². The molecule has 1 heterocycles. The van der Waals surface area contributed by atoms with E-state index in [2.05, 4.69) is 29.1 Å². The van der Waals surface area contributed by atoms with Crippen molar-refractivity contribution in [3.8, 4) is 11.4 Å². The summed E-state index contributed by atoms with van der Waals surface area (Å²) in [5, 5.41) is 3.46. The third kappa shape index (κ3) is 4.10. The number of imidazole rings is 1. The van der Waals surface area contributed by atoms with Crippen molar-refractivity contribution < 1.29 is 4.79 Å². The molecule has 0 aliphatic rings. The number of rotatable bonds is 5. The predicted molar refractivity (Wildman–Crippen MR) is 117 cm³/mol. The highest BCUT2D eigenvalue weighted by molar-refractivity contribution is 7.99. The van der Waals surface area contributed by atoms with Gasteiger partial charge in [-0.05, 0) is 42.5 Å². The first-order valence-electron chi connectivity index (χ1n) is 9.22. The van der Waals surface area contributed by atoms with E-state index < -0.39 is 0 Å². The highest BCUT2D eigenvalue weighted by atomic mass is 32.2. The Balaban J connectivity index is 1.55. The zero-order valence-electron chi connectivity index (χ0n) is 15.8. The molecule has 0 fully saturated rings. The lowest BCUT2D eigenvalue weighted by Gasteiger charge is -2.09. The molecule has 28 heavy (non-hydrogen) atoms. The number of fused-ring (bicyclic) bond motifs is 1. The van der Waals surface area contributed by atoms with Crippen molar-refractivity contribution in [3.05, 3.63) is 78.4 Å². The molecular formula is C23H21N3OS. The molecule has 0 unspecified atom stereocenters. The molecule has 0 spiro atoms. The summed E-state index contributed by atoms with van der Waals surface area (Å²) < 4.78 is 0. The van der Waals surface area contributed by atoms with Crippen molar-refractivity contribution in [3.63, 3.8) is 0 Å². The molecule has 4 nitrogen and oxygen atoms in total. The Morgan fingerprint density at radius 3 is 2.64 bits per heavy atom. The standard InChI is InChI=1S/C23H21N3OS/c1-15(2)28-19-10-6-8-17(14-19)23(27)24-18-9-5-7-16(13-18)22-25-20-11-3-4-12-21(20)26-22/h3-15H,1-2H3,(H,24,27)(H,25,26). The van der Waals surface area contributed by atoms with Gasteiger partial charge in [0.2, 0.25) is 0 Å². The molecule has 1 aromatic heterocycles. The first-order chi connectivity index (χ1) is 13.6. The van der Waals surface area contributed by atoms with Gasteiger partial charge in [0.25, 0.3) is 5.91 Å². The maximum Gasteiger partial charge on any atom is 0.255 e. The lowest BCUT2D eigenvalue weighted by Crippen LogP contribution is -2.12. The van der Waals surface area contributed by atoms with Crippen LogP contribution in [0.2, 0.25) is 0 Å². The van der Waals surface area contributed by atoms with E-state index in [9.17, 15) is 4.79 Å². The number of hydrogen-bond acceptors (Lipinski definition) is 3. The summed E-state index contributed by atoms with van der Waals surface area (Å²) in [4.78, 5) is 21.7. The van der Waals surface area contributed by atoms with Crippen molar-refractivity contribution >= 4 is 34.4 Å². The fraction of sp³-hybridized carbons (Fsp3) is 0.130. The van der Waals surface area contributed by atoms with E-state index in [1.54, 1.807) is 11.8 Å². The number of anilines is 1. The molecule has 0 saturated carbocycles. The molecule has 0 atom stereocenters. The van der Waals surface area contributed by atoms with Crippen LogP contribution >= 0.6 is 11.8 Å². The molecule has 140 valence electrons. The average Bonchev–Trinajstić information content (AvgIpc) is 3.12. The summed E-state index contributed by atoms with van der Waals surface area (Å²) in [5.41, 5.74) is 4.24. The summed E-state index contributed by atoms with van der Waals surface area (Å²) in [6, 6.07) is 23.4. The van der Waals surface area contributed by atoms with Gasteiger partial charge in [-0.25, -0.2) is 4.98 Å². The first kappa shape index (κ1) is 18.3. The summed E-state index contributed by atoms with van der Waals surface area (Å²) in [7, 11) is 0. The molecule has 4 rings (SSSR count). The number of aromatic nitrogens is 2. The Labute approximate surface area is 168 Å². The number of benzene rings is 3. The zero-order valence-corrected chi connectivity index (χ0v) is 16.6. The zero-order chi connectivity index (χ0) is 19.5. The summed E-state index contributed by atoms with van der Waals surface area (Å²) in [6.07, 6.45) is 0. The van der Waals surface area contributed by atoms with Gasteiger partial charge in [-0.15, -0.1) is 11.8 Å². The van der Waals surface area contributed by atoms with Crippen LogP contribution in [0.25, 0.3) is 22.4 Å². The molecule has 4 aromatic rings. The van der Waals surface area contributed by atoms with Gasteiger partial charge in [0.1, 0.15) is 5.82 Å². The second-order valence-electron chi connectivity index (χ2n) is 6.83. The monoisotopic (exact) mass is 387 g/mol. The molecule has 0 bridgehead atoms. The second kappa shape index (κ2) is 7.90. The van der Waals surface area contributed by atoms with E-state index in [0.29, 0.717) is 10.8 Å². The van der Waals surface area contributed by atoms with E-state index in [1.165, 1.54) is 0 Å². The quantitative estimate of drug-likeness (QED) is 0.414. The molecular weight excluding hydrogens is 366 g/mol. The molecule has 2 N–H and O–H groups in total. The normalized spacial score (nSPS) is 11.1. The smallest absolute Gasteiger partial charge is 0.255 e. The molecule has 0 radical (unpaired) electrons. The van der Waals surface area contributed by atoms with Crippen LogP contribution in [0.15, 0.2) is 77.7 Å². The van der Waals surface area contributed by atoms with Gasteiger partial charge < -0.3 is 10.3 Å². The second-order valence-corrected chi connectivity index (χ2v) is 8.48. The number of H-pyrrole nitrogens is 1. The highest BCUT2D eigenvalue weighted by Gasteiger charge is 2.10. The Bertz CT molecular complexity index is 1100. The molecule has 3 aromatic carbocycles. The maximum absolute atomic E-state index is 12.7. The van der Waals surface area contributed by atoms with Crippen LogP contribution in [-0.4, -0.2) is 21.1 Å². The van der Waals surface area contributed by atoms with Crippen molar-refractivity contribution in [2.75, 3.05) is 5.32 Å². The highest BCUT2D eigenvalue weighted by Crippen LogP contribution is 2.25. The number of nitrogens with one attached hydrogen (secondary N) is 2. The number of para-hydroxylation sites is 2. The van der Waals surface area contributed by atoms with E-state index in [4.69, 9.17) is 0 Å². The van der Waals surface area contributed by atoms with Crippen molar-refractivity contribution in [1.82, 2.24) is 9.97 Å². The molecule has 0 aliphatic carbocycles. The molecule has 1 amide bonds. The number of amides is 1. The number of thioether (sulfide) groups is 1. The van der Waals surface area contributed by atoms with Crippen LogP contribution < -0.4 is 5.32 Å². The van der Waals surface area contributed by atoms with Gasteiger partial charge in [-0.3, -0.25) is 4.79 Å². The minimum absolute atomic E-state index is 0.118. The van der Waals surface area contributed by atoms with Gasteiger partial charge in [0, 0.05) is 27.0 Å². The minimum atomic E-state index is -0.118. The summed E-state index contributed by atoms with van der Waals surface area (Å²) in [5.74, 6) is 0.667. The topological polar surface area (TPSA) is 57.8 Å². The SMILES string of the molecule is CC(C)Sc1cccc(C(=O)Nc2cccc(-c3nc4ccccc4[nH]3)c2)c1. The lowest BCUT2D eigenvalue weighted by atomic mass is 10.1. The van der Waals surface area contributed by atoms with Gasteiger partial charge in [-0.2, -0.15) is 0 Å². The Hall–Kier alpha value is -3.05. The van der Waals surface area contributed by atoms with Gasteiger partial charge in [0.05, 0.1) is 11.0 Å². The Kier molecular flexibility index (Phi) is 5.17. The first-order valence-corrected chi connectivity index (χ1v) is 10.1. The van der Waals surface area contributed by atoms with Gasteiger partial charge in [0.15, 0.2) is 0 Å². The van der Waals surface area contributed by atoms with Crippen molar-refractivity contribution in [1.29, 1.82) is 0 Å². The van der Waals surface area contributed by atoms with E-state index in [0.717, 1.165) is 33.0 Å². The van der Waals surface area contributed by atoms with Crippen LogP contribution in [0, 0.1) is 0 Å². The van der Waals surface area contributed by atoms with Crippen molar-refractivity contribution in [2.45, 2.75) is 24.0 Å². The maximum atomic E-state index is 12.7. The number of aromatic amines is 1. The Morgan fingerprint density at radius 1 is 1.00 bits per heavy atom. The van der Waals surface area contributed by atoms with E-state index in [-0.39, 0.29) is 5.91 Å². The fourth-order valence-electron chi connectivity index (χ4n) is 3.02. The average molecular weight is 388 g/mol. The fourth-order valence-corrected chi connectivity index (χ4v) is 3.92. The van der Waals surface area contributed by atoms with Gasteiger partial charge >= 0.3 is 0 Å². The largest absolute Gasteiger partial charge is 0.338 e. The molecule has 0 saturated heterocycles. The van der Waals surface area contributed by atoms with Gasteiger partial charge in [-0.1, -0.05) is 44.2 Å². The number of carbonyl (C=O) groups excluding carboxylic acids is 1. The number of carbonyl (C=O) groups is 1. The van der Waals surface area contributed by atoms with E-state index >= 15 is 0 Å². The third-order valence-corrected chi connectivity index (χ3v) is 5.25. The number of nitrogens with zero attached hydrogens (tertiary/aromatic N) is 1. The third-order valence-electron chi connectivity index (χ3n) is 4.25. The number of hydrogen-bond donors (Lipinski definition) is 2. The van der Waals surface area contributed by atoms with Crippen LogP contribution in [-0.2, 0) is 0 Å². The summed E-state index contributed by atoms with van der Waals surface area (Å²) in [6.45, 7) is 4.28. The lowest BCUT2D eigenvalue weighted by molar-refractivity contribution is 0.102. The predicted octanol–water partition coefficient (Wildman–Crippen LogP) is 5.98. The van der Waals surface area contributed by atoms with E-state index in [1.807, 2.05) is 72.8 Å². The molecule has 0 aliphatic heterocycles. The van der Waals surface area contributed by atoms with Crippen LogP contribution in [0.3, 0.4) is 0 Å². The minimum Gasteiger partial charge on any atom is -0.338 e. The van der Waals surface area contributed by atoms with Crippen LogP contribution in [0.1, 0.15) is 24.2 Å². The Morgan fingerprint density at radius 2 is 1.82 bits per heavy atom. The summed E-state index contributed by atoms with van der Waals surface area (Å²) >= 11 is 1.75.